The molecule has 1 aliphatic heterocycles. The highest BCUT2D eigenvalue weighted by molar-refractivity contribution is 5.83. The summed E-state index contributed by atoms with van der Waals surface area (Å²) in [4.78, 5) is 16.1. The molecule has 3 rings (SSSR count). The number of rotatable bonds is 3. The Bertz CT molecular complexity index is 601. The number of fused-ring (bicyclic) bond motifs is 1. The zero-order valence-electron chi connectivity index (χ0n) is 10.9. The van der Waals surface area contributed by atoms with E-state index < -0.39 is 6.10 Å². The molecule has 5 heteroatoms. The van der Waals surface area contributed by atoms with E-state index in [1.165, 1.54) is 0 Å². The number of benzene rings is 1. The van der Waals surface area contributed by atoms with Crippen molar-refractivity contribution in [1.29, 1.82) is 0 Å². The van der Waals surface area contributed by atoms with Gasteiger partial charge in [0.25, 0.3) is 5.91 Å². The SMILES string of the molecule is O=C(NCc1cccnc1)C1CNc2ccccc2O1. The van der Waals surface area contributed by atoms with Crippen LogP contribution in [-0.4, -0.2) is 23.5 Å². The van der Waals surface area contributed by atoms with E-state index in [0.717, 1.165) is 11.3 Å². The monoisotopic (exact) mass is 269 g/mol. The number of anilines is 1. The molecule has 0 spiro atoms. The Morgan fingerprint density at radius 3 is 3.10 bits per heavy atom. The minimum atomic E-state index is -0.512. The van der Waals surface area contributed by atoms with Gasteiger partial charge in [-0.2, -0.15) is 0 Å². The average molecular weight is 269 g/mol. The van der Waals surface area contributed by atoms with E-state index in [-0.39, 0.29) is 5.91 Å². The van der Waals surface area contributed by atoms with Crippen molar-refractivity contribution in [3.05, 3.63) is 54.4 Å². The summed E-state index contributed by atoms with van der Waals surface area (Å²) in [5.74, 6) is 0.580. The Balaban J connectivity index is 1.59. The number of amides is 1. The first-order chi connectivity index (χ1) is 9.83. The zero-order chi connectivity index (χ0) is 13.8. The van der Waals surface area contributed by atoms with Gasteiger partial charge < -0.3 is 15.4 Å². The second-order valence-corrected chi connectivity index (χ2v) is 4.56. The summed E-state index contributed by atoms with van der Waals surface area (Å²) in [5, 5.41) is 6.05. The summed E-state index contributed by atoms with van der Waals surface area (Å²) in [6.45, 7) is 0.921. The van der Waals surface area contributed by atoms with Crippen LogP contribution in [0, 0.1) is 0 Å². The third-order valence-corrected chi connectivity index (χ3v) is 3.12. The number of pyridine rings is 1. The molecule has 1 amide bonds. The molecule has 20 heavy (non-hydrogen) atoms. The second kappa shape index (κ2) is 5.61. The van der Waals surface area contributed by atoms with E-state index in [2.05, 4.69) is 15.6 Å². The van der Waals surface area contributed by atoms with Crippen LogP contribution in [0.4, 0.5) is 5.69 Å². The second-order valence-electron chi connectivity index (χ2n) is 4.56. The van der Waals surface area contributed by atoms with Gasteiger partial charge in [-0.3, -0.25) is 9.78 Å². The molecule has 5 nitrogen and oxygen atoms in total. The van der Waals surface area contributed by atoms with Crippen LogP contribution in [0.5, 0.6) is 5.75 Å². The molecule has 1 atom stereocenters. The van der Waals surface area contributed by atoms with Gasteiger partial charge in [-0.15, -0.1) is 0 Å². The number of para-hydroxylation sites is 2. The van der Waals surface area contributed by atoms with Crippen molar-refractivity contribution in [2.75, 3.05) is 11.9 Å². The summed E-state index contributed by atoms with van der Waals surface area (Å²) in [6, 6.07) is 11.4. The summed E-state index contributed by atoms with van der Waals surface area (Å²) < 4.78 is 5.69. The van der Waals surface area contributed by atoms with Crippen molar-refractivity contribution in [2.45, 2.75) is 12.6 Å². The molecule has 1 unspecified atom stereocenters. The van der Waals surface area contributed by atoms with Crippen LogP contribution in [0.25, 0.3) is 0 Å². The lowest BCUT2D eigenvalue weighted by atomic mass is 10.2. The number of ether oxygens (including phenoxy) is 1. The topological polar surface area (TPSA) is 63.2 Å². The van der Waals surface area contributed by atoms with E-state index in [0.29, 0.717) is 18.8 Å². The molecule has 1 aliphatic rings. The Morgan fingerprint density at radius 1 is 1.35 bits per heavy atom. The minimum absolute atomic E-state index is 0.129. The molecule has 2 aromatic rings. The number of carbonyl (C=O) groups is 1. The molecule has 2 N–H and O–H groups in total. The first kappa shape index (κ1) is 12.5. The smallest absolute Gasteiger partial charge is 0.263 e. The summed E-state index contributed by atoms with van der Waals surface area (Å²) in [5.41, 5.74) is 1.88. The van der Waals surface area contributed by atoms with Gasteiger partial charge in [-0.1, -0.05) is 18.2 Å². The number of nitrogens with zero attached hydrogens (tertiary/aromatic N) is 1. The molecule has 0 fully saturated rings. The predicted octanol–water partition coefficient (Wildman–Crippen LogP) is 1.57. The summed E-state index contributed by atoms with van der Waals surface area (Å²) in [7, 11) is 0. The maximum Gasteiger partial charge on any atom is 0.263 e. The van der Waals surface area contributed by atoms with Gasteiger partial charge in [0.2, 0.25) is 0 Å². The largest absolute Gasteiger partial charge is 0.477 e. The fourth-order valence-electron chi connectivity index (χ4n) is 2.06. The summed E-state index contributed by atoms with van der Waals surface area (Å²) >= 11 is 0. The number of nitrogens with one attached hydrogen (secondary N) is 2. The van der Waals surface area contributed by atoms with E-state index in [4.69, 9.17) is 4.74 Å². The van der Waals surface area contributed by atoms with E-state index >= 15 is 0 Å². The summed E-state index contributed by atoms with van der Waals surface area (Å²) in [6.07, 6.45) is 2.92. The maximum atomic E-state index is 12.1. The molecule has 0 aliphatic carbocycles. The molecule has 2 heterocycles. The van der Waals surface area contributed by atoms with Crippen LogP contribution in [0.2, 0.25) is 0 Å². The Morgan fingerprint density at radius 2 is 2.25 bits per heavy atom. The fraction of sp³-hybridized carbons (Fsp3) is 0.200. The van der Waals surface area contributed by atoms with Crippen molar-refractivity contribution >= 4 is 11.6 Å². The number of hydrogen-bond donors (Lipinski definition) is 2. The van der Waals surface area contributed by atoms with Crippen molar-refractivity contribution in [3.63, 3.8) is 0 Å². The van der Waals surface area contributed by atoms with E-state index in [1.807, 2.05) is 36.4 Å². The molecule has 0 saturated carbocycles. The fourth-order valence-corrected chi connectivity index (χ4v) is 2.06. The molecule has 1 aromatic heterocycles. The van der Waals surface area contributed by atoms with Crippen molar-refractivity contribution in [2.24, 2.45) is 0 Å². The normalized spacial score (nSPS) is 16.5. The molecule has 102 valence electrons. The Hall–Kier alpha value is -2.56. The van der Waals surface area contributed by atoms with Crippen LogP contribution in [0.15, 0.2) is 48.8 Å². The molecular formula is C15H15N3O2. The lowest BCUT2D eigenvalue weighted by Gasteiger charge is -2.26. The highest BCUT2D eigenvalue weighted by atomic mass is 16.5. The van der Waals surface area contributed by atoms with Gasteiger partial charge >= 0.3 is 0 Å². The highest BCUT2D eigenvalue weighted by Crippen LogP contribution is 2.28. The first-order valence-corrected chi connectivity index (χ1v) is 6.49. The van der Waals surface area contributed by atoms with Crippen LogP contribution in [0.3, 0.4) is 0 Å². The molecule has 0 radical (unpaired) electrons. The number of aromatic nitrogens is 1. The molecular weight excluding hydrogens is 254 g/mol. The lowest BCUT2D eigenvalue weighted by molar-refractivity contribution is -0.127. The van der Waals surface area contributed by atoms with Gasteiger partial charge in [0.1, 0.15) is 5.75 Å². The number of carbonyl (C=O) groups excluding carboxylic acids is 1. The van der Waals surface area contributed by atoms with Crippen LogP contribution >= 0.6 is 0 Å². The third-order valence-electron chi connectivity index (χ3n) is 3.12. The van der Waals surface area contributed by atoms with Crippen molar-refractivity contribution in [3.8, 4) is 5.75 Å². The highest BCUT2D eigenvalue weighted by Gasteiger charge is 2.25. The molecule has 0 bridgehead atoms. The van der Waals surface area contributed by atoms with Crippen LogP contribution in [0.1, 0.15) is 5.56 Å². The Labute approximate surface area is 117 Å². The average Bonchev–Trinajstić information content (AvgIpc) is 2.53. The third kappa shape index (κ3) is 2.71. The van der Waals surface area contributed by atoms with E-state index in [1.54, 1.807) is 12.4 Å². The van der Waals surface area contributed by atoms with Gasteiger partial charge in [-0.25, -0.2) is 0 Å². The minimum Gasteiger partial charge on any atom is -0.477 e. The first-order valence-electron chi connectivity index (χ1n) is 6.49. The van der Waals surface area contributed by atoms with Gasteiger partial charge in [0.15, 0.2) is 6.10 Å². The van der Waals surface area contributed by atoms with Crippen molar-refractivity contribution in [1.82, 2.24) is 10.3 Å². The maximum absolute atomic E-state index is 12.1. The van der Waals surface area contributed by atoms with Crippen LogP contribution < -0.4 is 15.4 Å². The molecule has 0 saturated heterocycles. The van der Waals surface area contributed by atoms with E-state index in [9.17, 15) is 4.79 Å². The lowest BCUT2D eigenvalue weighted by Crippen LogP contribution is -2.44. The van der Waals surface area contributed by atoms with Gasteiger partial charge in [0, 0.05) is 18.9 Å². The van der Waals surface area contributed by atoms with Gasteiger partial charge in [-0.05, 0) is 23.8 Å². The van der Waals surface area contributed by atoms with Gasteiger partial charge in [0.05, 0.1) is 12.2 Å². The number of hydrogen-bond acceptors (Lipinski definition) is 4. The predicted molar refractivity (Wildman–Crippen MR) is 75.4 cm³/mol. The molecule has 1 aromatic carbocycles. The Kier molecular flexibility index (Phi) is 3.50. The van der Waals surface area contributed by atoms with Crippen LogP contribution in [-0.2, 0) is 11.3 Å². The standard InChI is InChI=1S/C15H15N3O2/c19-15(18-9-11-4-3-7-16-8-11)14-10-17-12-5-1-2-6-13(12)20-14/h1-8,14,17H,9-10H2,(H,18,19). The van der Waals surface area contributed by atoms with Crippen molar-refractivity contribution < 1.29 is 9.53 Å². The zero-order valence-corrected chi connectivity index (χ0v) is 10.9. The quantitative estimate of drug-likeness (QED) is 0.888.